The maximum Gasteiger partial charge on any atom is 0.231 e. The van der Waals surface area contributed by atoms with Gasteiger partial charge in [-0.3, -0.25) is 0 Å². The van der Waals surface area contributed by atoms with Gasteiger partial charge in [-0.1, -0.05) is 6.92 Å². The van der Waals surface area contributed by atoms with Crippen molar-refractivity contribution in [1.29, 1.82) is 0 Å². The van der Waals surface area contributed by atoms with E-state index in [-0.39, 0.29) is 6.79 Å². The molecule has 0 spiro atoms. The summed E-state index contributed by atoms with van der Waals surface area (Å²) in [6.45, 7) is 8.90. The molecule has 132 valence electrons. The van der Waals surface area contributed by atoms with Crippen LogP contribution in [0, 0.1) is 5.92 Å². The number of hydrogen-bond acceptors (Lipinski definition) is 4. The third kappa shape index (κ3) is 4.24. The first kappa shape index (κ1) is 16.7. The van der Waals surface area contributed by atoms with Crippen LogP contribution in [0.3, 0.4) is 0 Å². The summed E-state index contributed by atoms with van der Waals surface area (Å²) in [5, 5.41) is 3.39. The predicted octanol–water partition coefficient (Wildman–Crippen LogP) is 2.49. The number of rotatable bonds is 5. The first-order valence-corrected chi connectivity index (χ1v) is 8.82. The Bertz CT molecular complexity index is 577. The Morgan fingerprint density at radius 3 is 3.08 bits per heavy atom. The van der Waals surface area contributed by atoms with Gasteiger partial charge in [0.05, 0.1) is 6.54 Å². The molecule has 6 nitrogen and oxygen atoms in total. The Morgan fingerprint density at radius 2 is 2.25 bits per heavy atom. The number of hydrogen-bond donors (Lipinski definition) is 1. The summed E-state index contributed by atoms with van der Waals surface area (Å²) in [4.78, 5) is 7.07. The van der Waals surface area contributed by atoms with Crippen molar-refractivity contribution in [2.24, 2.45) is 10.9 Å². The van der Waals surface area contributed by atoms with Gasteiger partial charge in [-0.15, -0.1) is 0 Å². The minimum Gasteiger partial charge on any atom is -0.492 e. The largest absolute Gasteiger partial charge is 0.492 e. The van der Waals surface area contributed by atoms with Crippen LogP contribution >= 0.6 is 0 Å². The van der Waals surface area contributed by atoms with Crippen LogP contribution < -0.4 is 19.5 Å². The van der Waals surface area contributed by atoms with E-state index in [1.54, 1.807) is 0 Å². The molecule has 0 aliphatic carbocycles. The highest BCUT2D eigenvalue weighted by Gasteiger charge is 2.19. The lowest BCUT2D eigenvalue weighted by Crippen LogP contribution is -2.46. The maximum atomic E-state index is 5.78. The number of piperidine rings is 1. The van der Waals surface area contributed by atoms with Crippen LogP contribution in [0.25, 0.3) is 0 Å². The van der Waals surface area contributed by atoms with Crippen molar-refractivity contribution in [2.75, 3.05) is 39.6 Å². The molecule has 2 aliphatic rings. The van der Waals surface area contributed by atoms with Crippen LogP contribution in [-0.4, -0.2) is 50.4 Å². The zero-order valence-electron chi connectivity index (χ0n) is 14.6. The average molecular weight is 333 g/mol. The van der Waals surface area contributed by atoms with Gasteiger partial charge in [-0.05, 0) is 37.8 Å². The predicted molar refractivity (Wildman–Crippen MR) is 94.0 cm³/mol. The number of guanidine groups is 1. The molecule has 0 radical (unpaired) electrons. The molecule has 0 bridgehead atoms. The number of nitrogens with zero attached hydrogens (tertiary/aromatic N) is 2. The van der Waals surface area contributed by atoms with Crippen molar-refractivity contribution in [2.45, 2.75) is 26.7 Å². The van der Waals surface area contributed by atoms with Crippen LogP contribution in [0.5, 0.6) is 17.2 Å². The Balaban J connectivity index is 1.51. The van der Waals surface area contributed by atoms with Crippen molar-refractivity contribution < 1.29 is 14.2 Å². The quantitative estimate of drug-likeness (QED) is 0.510. The summed E-state index contributed by atoms with van der Waals surface area (Å²) >= 11 is 0. The van der Waals surface area contributed by atoms with E-state index in [9.17, 15) is 0 Å². The third-order valence-electron chi connectivity index (χ3n) is 4.26. The van der Waals surface area contributed by atoms with Crippen molar-refractivity contribution in [3.63, 3.8) is 0 Å². The molecule has 1 saturated heterocycles. The molecule has 1 unspecified atom stereocenters. The number of ether oxygens (including phenoxy) is 3. The van der Waals surface area contributed by atoms with Gasteiger partial charge < -0.3 is 24.4 Å². The van der Waals surface area contributed by atoms with E-state index < -0.39 is 0 Å². The normalized spacial score (nSPS) is 20.2. The molecular weight excluding hydrogens is 306 g/mol. The summed E-state index contributed by atoms with van der Waals surface area (Å²) in [7, 11) is 0. The van der Waals surface area contributed by atoms with Crippen LogP contribution in [0.15, 0.2) is 23.2 Å². The molecule has 1 aromatic rings. The lowest BCUT2D eigenvalue weighted by Gasteiger charge is -2.33. The van der Waals surface area contributed by atoms with E-state index in [1.807, 2.05) is 18.2 Å². The molecule has 1 aromatic carbocycles. The number of fused-ring (bicyclic) bond motifs is 1. The number of nitrogens with one attached hydrogen (secondary N) is 1. The van der Waals surface area contributed by atoms with Gasteiger partial charge in [-0.2, -0.15) is 0 Å². The molecule has 1 N–H and O–H groups in total. The van der Waals surface area contributed by atoms with Crippen LogP contribution in [0.4, 0.5) is 0 Å². The highest BCUT2D eigenvalue weighted by Crippen LogP contribution is 2.34. The highest BCUT2D eigenvalue weighted by atomic mass is 16.7. The fourth-order valence-corrected chi connectivity index (χ4v) is 3.09. The summed E-state index contributed by atoms with van der Waals surface area (Å²) in [5.41, 5.74) is 0. The van der Waals surface area contributed by atoms with Crippen molar-refractivity contribution in [3.05, 3.63) is 18.2 Å². The van der Waals surface area contributed by atoms with E-state index in [0.717, 1.165) is 48.8 Å². The summed E-state index contributed by atoms with van der Waals surface area (Å²) in [5.74, 6) is 4.03. The number of aliphatic imine (C=N–C) groups is 1. The minimum absolute atomic E-state index is 0.281. The minimum atomic E-state index is 0.281. The van der Waals surface area contributed by atoms with E-state index in [4.69, 9.17) is 19.2 Å². The van der Waals surface area contributed by atoms with Gasteiger partial charge >= 0.3 is 0 Å². The van der Waals surface area contributed by atoms with Crippen molar-refractivity contribution in [3.8, 4) is 17.2 Å². The topological polar surface area (TPSA) is 55.3 Å². The van der Waals surface area contributed by atoms with Gasteiger partial charge in [0.1, 0.15) is 12.4 Å². The Hall–Kier alpha value is -2.11. The van der Waals surface area contributed by atoms with E-state index in [0.29, 0.717) is 13.2 Å². The third-order valence-corrected chi connectivity index (χ3v) is 4.26. The molecule has 2 aliphatic heterocycles. The smallest absolute Gasteiger partial charge is 0.231 e. The summed E-state index contributed by atoms with van der Waals surface area (Å²) < 4.78 is 16.4. The Morgan fingerprint density at radius 1 is 1.38 bits per heavy atom. The molecule has 3 rings (SSSR count). The zero-order chi connectivity index (χ0) is 16.8. The first-order chi connectivity index (χ1) is 11.8. The fraction of sp³-hybridized carbons (Fsp3) is 0.611. The van der Waals surface area contributed by atoms with Crippen molar-refractivity contribution >= 4 is 5.96 Å². The highest BCUT2D eigenvalue weighted by molar-refractivity contribution is 5.80. The molecule has 1 fully saturated rings. The van der Waals surface area contributed by atoms with Gasteiger partial charge in [-0.25, -0.2) is 4.99 Å². The van der Waals surface area contributed by atoms with Crippen LogP contribution in [-0.2, 0) is 0 Å². The lowest BCUT2D eigenvalue weighted by atomic mass is 10.0. The van der Waals surface area contributed by atoms with Gasteiger partial charge in [0, 0.05) is 25.7 Å². The Kier molecular flexibility index (Phi) is 5.67. The monoisotopic (exact) mass is 333 g/mol. The number of likely N-dealkylation sites (tertiary alicyclic amines) is 1. The van der Waals surface area contributed by atoms with E-state index in [2.05, 4.69) is 24.1 Å². The fourth-order valence-electron chi connectivity index (χ4n) is 3.09. The SMILES string of the molecule is CCNC(=NCCOc1ccc2c(c1)OCO2)N1CCCC(C)C1. The van der Waals surface area contributed by atoms with Crippen LogP contribution in [0.2, 0.25) is 0 Å². The van der Waals surface area contributed by atoms with Crippen molar-refractivity contribution in [1.82, 2.24) is 10.2 Å². The Labute approximate surface area is 143 Å². The van der Waals surface area contributed by atoms with E-state index >= 15 is 0 Å². The van der Waals surface area contributed by atoms with Gasteiger partial charge in [0.15, 0.2) is 17.5 Å². The zero-order valence-corrected chi connectivity index (χ0v) is 14.6. The molecule has 0 aromatic heterocycles. The molecule has 6 heteroatoms. The molecule has 1 atom stereocenters. The van der Waals surface area contributed by atoms with Gasteiger partial charge in [0.25, 0.3) is 0 Å². The van der Waals surface area contributed by atoms with E-state index in [1.165, 1.54) is 12.8 Å². The standard InChI is InChI=1S/C18H27N3O3/c1-3-19-18(21-9-4-5-14(2)12-21)20-8-10-22-15-6-7-16-17(11-15)24-13-23-16/h6-7,11,14H,3-5,8-10,12-13H2,1-2H3,(H,19,20). The summed E-state index contributed by atoms with van der Waals surface area (Å²) in [6, 6.07) is 5.64. The second-order valence-corrected chi connectivity index (χ2v) is 6.29. The molecule has 24 heavy (non-hydrogen) atoms. The average Bonchev–Trinajstić information content (AvgIpc) is 3.05. The first-order valence-electron chi connectivity index (χ1n) is 8.82. The lowest BCUT2D eigenvalue weighted by molar-refractivity contribution is 0.173. The molecule has 0 amide bonds. The molecule has 2 heterocycles. The molecule has 0 saturated carbocycles. The maximum absolute atomic E-state index is 5.78. The molecular formula is C18H27N3O3. The van der Waals surface area contributed by atoms with Crippen LogP contribution in [0.1, 0.15) is 26.7 Å². The van der Waals surface area contributed by atoms with Gasteiger partial charge in [0.2, 0.25) is 6.79 Å². The second-order valence-electron chi connectivity index (χ2n) is 6.29. The summed E-state index contributed by atoms with van der Waals surface area (Å²) in [6.07, 6.45) is 2.54. The second kappa shape index (κ2) is 8.13. The number of benzene rings is 1.